The van der Waals surface area contributed by atoms with Gasteiger partial charge in [0.1, 0.15) is 0 Å². The Hall–Kier alpha value is -1.16. The van der Waals surface area contributed by atoms with Crippen molar-refractivity contribution in [2.24, 2.45) is 0 Å². The minimum absolute atomic E-state index is 0.0706. The summed E-state index contributed by atoms with van der Waals surface area (Å²) in [7, 11) is 1.11. The Morgan fingerprint density at radius 2 is 2.15 bits per heavy atom. The zero-order chi connectivity index (χ0) is 15.1. The quantitative estimate of drug-likeness (QED) is 0.576. The number of nitrogens with zero attached hydrogens (tertiary/aromatic N) is 1. The van der Waals surface area contributed by atoms with Crippen LogP contribution in [0.5, 0.6) is 0 Å². The molecule has 0 aromatic heterocycles. The molecule has 10 heteroatoms. The molecule has 0 aliphatic carbocycles. The van der Waals surface area contributed by atoms with E-state index in [2.05, 4.69) is 4.74 Å². The van der Waals surface area contributed by atoms with Crippen molar-refractivity contribution in [1.29, 1.82) is 0 Å². The van der Waals surface area contributed by atoms with Crippen LogP contribution in [-0.2, 0) is 19.1 Å². The van der Waals surface area contributed by atoms with Crippen LogP contribution >= 0.6 is 23.5 Å². The number of fused-ring (bicyclic) bond motifs is 1. The largest absolute Gasteiger partial charge is 0.464 e. The number of thioether (sulfide) groups is 2. The number of hydrogen-bond acceptors (Lipinski definition) is 6. The van der Waals surface area contributed by atoms with Gasteiger partial charge in [-0.05, 0) is 0 Å². The number of esters is 1. The molecule has 20 heavy (non-hydrogen) atoms. The number of halogens is 3. The third-order valence-electron chi connectivity index (χ3n) is 2.61. The lowest BCUT2D eigenvalue weighted by molar-refractivity contribution is -0.167. The second-order valence-corrected chi connectivity index (χ2v) is 6.31. The molecular formula is C10H8F3NO4S2. The molecule has 1 fully saturated rings. The van der Waals surface area contributed by atoms with Gasteiger partial charge in [-0.1, -0.05) is 11.8 Å². The SMILES string of the molecule is COC(=O)C1=C(SCC(=O)C(F)(F)F)S[C@@H]2CC(=O)N12. The molecule has 1 amide bonds. The van der Waals surface area contributed by atoms with Gasteiger partial charge in [0.15, 0.2) is 5.70 Å². The van der Waals surface area contributed by atoms with E-state index in [1.54, 1.807) is 0 Å². The third kappa shape index (κ3) is 2.66. The highest BCUT2D eigenvalue weighted by Crippen LogP contribution is 2.50. The van der Waals surface area contributed by atoms with Crippen LogP contribution in [0.3, 0.4) is 0 Å². The molecule has 2 rings (SSSR count). The lowest BCUT2D eigenvalue weighted by Gasteiger charge is -2.34. The number of carbonyl (C=O) groups is 3. The van der Waals surface area contributed by atoms with Crippen LogP contribution in [0.15, 0.2) is 9.93 Å². The number of alkyl halides is 3. The summed E-state index contributed by atoms with van der Waals surface area (Å²) < 4.78 is 41.1. The van der Waals surface area contributed by atoms with Gasteiger partial charge < -0.3 is 4.74 Å². The van der Waals surface area contributed by atoms with Crippen molar-refractivity contribution >= 4 is 41.2 Å². The lowest BCUT2D eigenvalue weighted by atomic mass is 10.2. The van der Waals surface area contributed by atoms with E-state index in [0.717, 1.165) is 18.9 Å². The van der Waals surface area contributed by atoms with E-state index in [4.69, 9.17) is 0 Å². The second kappa shape index (κ2) is 5.32. The van der Waals surface area contributed by atoms with E-state index in [0.29, 0.717) is 11.8 Å². The number of hydrogen-bond donors (Lipinski definition) is 0. The summed E-state index contributed by atoms with van der Waals surface area (Å²) in [6, 6.07) is 0. The molecule has 0 N–H and O–H groups in total. The van der Waals surface area contributed by atoms with Crippen molar-refractivity contribution < 1.29 is 32.3 Å². The molecule has 0 bridgehead atoms. The fraction of sp³-hybridized carbons (Fsp3) is 0.500. The highest BCUT2D eigenvalue weighted by Gasteiger charge is 2.49. The average molecular weight is 327 g/mol. The summed E-state index contributed by atoms with van der Waals surface area (Å²) in [6.07, 6.45) is -4.69. The Bertz CT molecular complexity index is 517. The Kier molecular flexibility index (Phi) is 4.05. The number of ether oxygens (including phenoxy) is 1. The average Bonchev–Trinajstić information content (AvgIpc) is 2.66. The molecule has 2 aliphatic heterocycles. The lowest BCUT2D eigenvalue weighted by Crippen LogP contribution is -2.48. The number of ketones is 1. The normalized spacial score (nSPS) is 21.7. The third-order valence-corrected chi connectivity index (χ3v) is 5.17. The van der Waals surface area contributed by atoms with Gasteiger partial charge in [0.2, 0.25) is 11.7 Å². The van der Waals surface area contributed by atoms with Gasteiger partial charge >= 0.3 is 12.1 Å². The van der Waals surface area contributed by atoms with Gasteiger partial charge in [0.25, 0.3) is 0 Å². The number of amides is 1. The maximum atomic E-state index is 12.1. The summed E-state index contributed by atoms with van der Waals surface area (Å²) in [5.41, 5.74) is -0.0706. The summed E-state index contributed by atoms with van der Waals surface area (Å²) in [4.78, 5) is 35.0. The van der Waals surface area contributed by atoms with Crippen LogP contribution in [0.1, 0.15) is 6.42 Å². The number of Topliss-reactive ketones (excluding diaryl/α,β-unsaturated/α-hetero) is 1. The first-order valence-corrected chi connectivity index (χ1v) is 7.16. The molecule has 1 atom stereocenters. The molecular weight excluding hydrogens is 319 g/mol. The molecule has 110 valence electrons. The summed E-state index contributed by atoms with van der Waals surface area (Å²) in [6.45, 7) is 0. The van der Waals surface area contributed by atoms with Crippen LogP contribution < -0.4 is 0 Å². The monoisotopic (exact) mass is 327 g/mol. The first-order chi connectivity index (χ1) is 9.25. The molecule has 2 aliphatic rings. The first-order valence-electron chi connectivity index (χ1n) is 5.30. The van der Waals surface area contributed by atoms with Gasteiger partial charge in [-0.25, -0.2) is 4.79 Å². The highest BCUT2D eigenvalue weighted by atomic mass is 32.2. The molecule has 0 spiro atoms. The van der Waals surface area contributed by atoms with E-state index < -0.39 is 23.7 Å². The van der Waals surface area contributed by atoms with Crippen molar-refractivity contribution in [2.45, 2.75) is 18.0 Å². The summed E-state index contributed by atoms with van der Waals surface area (Å²) in [5.74, 6) is -3.81. The Balaban J connectivity index is 2.13. The molecule has 5 nitrogen and oxygen atoms in total. The Labute approximate surface area is 119 Å². The second-order valence-electron chi connectivity index (χ2n) is 3.88. The maximum absolute atomic E-state index is 12.1. The minimum Gasteiger partial charge on any atom is -0.464 e. The number of rotatable bonds is 4. The van der Waals surface area contributed by atoms with Gasteiger partial charge in [0, 0.05) is 0 Å². The van der Waals surface area contributed by atoms with Crippen LogP contribution in [-0.4, -0.2) is 47.0 Å². The topological polar surface area (TPSA) is 63.7 Å². The van der Waals surface area contributed by atoms with E-state index in [1.165, 1.54) is 4.90 Å². The molecule has 0 saturated carbocycles. The smallest absolute Gasteiger partial charge is 0.450 e. The predicted molar refractivity (Wildman–Crippen MR) is 65.4 cm³/mol. The summed E-state index contributed by atoms with van der Waals surface area (Å²) in [5, 5.41) is -0.292. The standard InChI is InChI=1S/C10H8F3NO4S2/c1-18-8(17)7-9(19-3-4(15)10(11,12)13)20-6-2-5(16)14(6)7/h6H,2-3H2,1H3/t6-/m1/s1. The van der Waals surface area contributed by atoms with Crippen LogP contribution in [0.4, 0.5) is 13.2 Å². The van der Waals surface area contributed by atoms with Crippen molar-refractivity contribution in [2.75, 3.05) is 12.9 Å². The number of methoxy groups -OCH3 is 1. The van der Waals surface area contributed by atoms with E-state index in [1.807, 2.05) is 0 Å². The van der Waals surface area contributed by atoms with Crippen molar-refractivity contribution in [3.8, 4) is 0 Å². The van der Waals surface area contributed by atoms with E-state index in [9.17, 15) is 27.6 Å². The fourth-order valence-electron chi connectivity index (χ4n) is 1.62. The molecule has 2 heterocycles. The molecule has 1 saturated heterocycles. The molecule has 0 radical (unpaired) electrons. The van der Waals surface area contributed by atoms with Crippen LogP contribution in [0.2, 0.25) is 0 Å². The fourth-order valence-corrected chi connectivity index (χ4v) is 4.24. The molecule has 0 unspecified atom stereocenters. The van der Waals surface area contributed by atoms with Gasteiger partial charge in [-0.2, -0.15) is 13.2 Å². The van der Waals surface area contributed by atoms with Crippen molar-refractivity contribution in [1.82, 2.24) is 4.90 Å². The van der Waals surface area contributed by atoms with E-state index in [-0.39, 0.29) is 27.6 Å². The van der Waals surface area contributed by atoms with Gasteiger partial charge in [0.05, 0.1) is 28.9 Å². The van der Waals surface area contributed by atoms with Crippen molar-refractivity contribution in [3.63, 3.8) is 0 Å². The molecule has 0 aromatic carbocycles. The van der Waals surface area contributed by atoms with Crippen molar-refractivity contribution in [3.05, 3.63) is 9.93 Å². The van der Waals surface area contributed by atoms with Gasteiger partial charge in [-0.3, -0.25) is 14.5 Å². The Morgan fingerprint density at radius 1 is 1.50 bits per heavy atom. The number of β-lactam (4-membered cyclic amide) rings is 1. The van der Waals surface area contributed by atoms with Crippen LogP contribution in [0.25, 0.3) is 0 Å². The molecule has 0 aromatic rings. The zero-order valence-corrected chi connectivity index (χ0v) is 11.7. The first kappa shape index (κ1) is 15.2. The van der Waals surface area contributed by atoms with Crippen LogP contribution in [0, 0.1) is 0 Å². The Morgan fingerprint density at radius 3 is 2.65 bits per heavy atom. The highest BCUT2D eigenvalue weighted by molar-refractivity contribution is 8.23. The minimum atomic E-state index is -4.91. The van der Waals surface area contributed by atoms with Gasteiger partial charge in [-0.15, -0.1) is 11.8 Å². The predicted octanol–water partition coefficient (Wildman–Crippen LogP) is 1.50. The zero-order valence-electron chi connectivity index (χ0n) is 10.0. The maximum Gasteiger partial charge on any atom is 0.450 e. The number of carbonyl (C=O) groups excluding carboxylic acids is 3. The van der Waals surface area contributed by atoms with E-state index >= 15 is 0 Å². The summed E-state index contributed by atoms with van der Waals surface area (Å²) >= 11 is 1.69.